The number of hydrogen-bond acceptors (Lipinski definition) is 5. The van der Waals surface area contributed by atoms with Crippen molar-refractivity contribution in [1.29, 1.82) is 0 Å². The average Bonchev–Trinajstić information content (AvgIpc) is 2.94. The Kier molecular flexibility index (Phi) is 4.97. The van der Waals surface area contributed by atoms with Crippen LogP contribution >= 0.6 is 0 Å². The molecule has 0 aromatic carbocycles. The maximum Gasteiger partial charge on any atom is 0.229 e. The molecule has 1 aromatic rings. The fraction of sp³-hybridized carbons (Fsp3) is 0.875. The quantitative estimate of drug-likeness (QED) is 0.855. The van der Waals surface area contributed by atoms with Gasteiger partial charge >= 0.3 is 0 Å². The molecule has 0 N–H and O–H groups in total. The summed E-state index contributed by atoms with van der Waals surface area (Å²) >= 11 is 0. The van der Waals surface area contributed by atoms with E-state index in [1.54, 1.807) is 0 Å². The van der Waals surface area contributed by atoms with Crippen LogP contribution in [0, 0.1) is 0 Å². The van der Waals surface area contributed by atoms with Crippen molar-refractivity contribution in [1.82, 2.24) is 15.0 Å². The van der Waals surface area contributed by atoms with Crippen LogP contribution in [0.3, 0.4) is 0 Å². The van der Waals surface area contributed by atoms with Crippen LogP contribution in [0.4, 0.5) is 0 Å². The zero-order valence-corrected chi connectivity index (χ0v) is 14.5. The first kappa shape index (κ1) is 16.1. The van der Waals surface area contributed by atoms with Crippen molar-refractivity contribution >= 4 is 10.8 Å². The van der Waals surface area contributed by atoms with Crippen molar-refractivity contribution in [2.75, 3.05) is 18.8 Å². The molecule has 2 aliphatic rings. The molecule has 1 aromatic heterocycles. The topological polar surface area (TPSA) is 59.2 Å². The molecule has 1 aliphatic heterocycles. The second-order valence-electron chi connectivity index (χ2n) is 7.22. The third-order valence-electron chi connectivity index (χ3n) is 5.04. The summed E-state index contributed by atoms with van der Waals surface area (Å²) in [5.41, 5.74) is 0. The van der Waals surface area contributed by atoms with Gasteiger partial charge in [-0.15, -0.1) is 0 Å². The van der Waals surface area contributed by atoms with Crippen molar-refractivity contribution < 1.29 is 8.73 Å². The molecule has 1 saturated heterocycles. The van der Waals surface area contributed by atoms with Crippen molar-refractivity contribution in [2.45, 2.75) is 69.6 Å². The van der Waals surface area contributed by atoms with Crippen molar-refractivity contribution in [3.63, 3.8) is 0 Å². The summed E-state index contributed by atoms with van der Waals surface area (Å²) in [6.07, 6.45) is 7.19. The molecule has 2 heterocycles. The first-order chi connectivity index (χ1) is 10.5. The van der Waals surface area contributed by atoms with E-state index in [0.29, 0.717) is 12.5 Å². The monoisotopic (exact) mass is 325 g/mol. The Balaban J connectivity index is 1.59. The van der Waals surface area contributed by atoms with Gasteiger partial charge in [-0.3, -0.25) is 9.11 Å². The highest BCUT2D eigenvalue weighted by molar-refractivity contribution is 7.86. The third-order valence-corrected chi connectivity index (χ3v) is 7.03. The third kappa shape index (κ3) is 3.77. The Hall–Kier alpha value is -0.750. The van der Waals surface area contributed by atoms with E-state index in [0.717, 1.165) is 37.0 Å². The number of aromatic nitrogens is 2. The molecule has 6 heteroatoms. The predicted octanol–water partition coefficient (Wildman–Crippen LogP) is 2.85. The van der Waals surface area contributed by atoms with Crippen molar-refractivity contribution in [3.05, 3.63) is 11.7 Å². The Morgan fingerprint density at radius 1 is 1.27 bits per heavy atom. The number of nitrogens with zero attached hydrogens (tertiary/aromatic N) is 3. The lowest BCUT2D eigenvalue weighted by molar-refractivity contribution is 0.262. The van der Waals surface area contributed by atoms with Gasteiger partial charge in [0.2, 0.25) is 5.89 Å². The van der Waals surface area contributed by atoms with Crippen LogP contribution in [0.2, 0.25) is 0 Å². The maximum atomic E-state index is 12.2. The molecule has 0 bridgehead atoms. The summed E-state index contributed by atoms with van der Waals surface area (Å²) in [6, 6.07) is 0. The summed E-state index contributed by atoms with van der Waals surface area (Å²) in [4.78, 5) is 6.93. The van der Waals surface area contributed by atoms with Crippen molar-refractivity contribution in [2.24, 2.45) is 0 Å². The van der Waals surface area contributed by atoms with E-state index in [1.807, 2.05) is 0 Å². The molecular weight excluding hydrogens is 298 g/mol. The van der Waals surface area contributed by atoms with Gasteiger partial charge in [0.05, 0.1) is 6.54 Å². The highest BCUT2D eigenvalue weighted by atomic mass is 32.2. The summed E-state index contributed by atoms with van der Waals surface area (Å²) in [7, 11) is -0.751. The average molecular weight is 325 g/mol. The smallest absolute Gasteiger partial charge is 0.229 e. The van der Waals surface area contributed by atoms with E-state index < -0.39 is 10.8 Å². The lowest BCUT2D eigenvalue weighted by Crippen LogP contribution is -2.28. The molecule has 5 nitrogen and oxygen atoms in total. The van der Waals surface area contributed by atoms with E-state index in [1.165, 1.54) is 32.1 Å². The van der Waals surface area contributed by atoms with Gasteiger partial charge in [-0.05, 0) is 33.1 Å². The van der Waals surface area contributed by atoms with E-state index in [2.05, 4.69) is 28.9 Å². The molecular formula is C16H27N3O2S. The maximum absolute atomic E-state index is 12.2. The minimum absolute atomic E-state index is 0.0841. The largest absolute Gasteiger partial charge is 0.339 e. The van der Waals surface area contributed by atoms with Crippen LogP contribution in [0.15, 0.2) is 4.52 Å². The minimum Gasteiger partial charge on any atom is -0.339 e. The fourth-order valence-corrected chi connectivity index (χ4v) is 4.64. The van der Waals surface area contributed by atoms with Crippen LogP contribution in [-0.2, 0) is 17.3 Å². The van der Waals surface area contributed by atoms with Gasteiger partial charge in [0.1, 0.15) is 0 Å². The zero-order chi connectivity index (χ0) is 15.6. The van der Waals surface area contributed by atoms with Crippen LogP contribution < -0.4 is 0 Å². The summed E-state index contributed by atoms with van der Waals surface area (Å²) in [5, 5.41) is 4.17. The Morgan fingerprint density at radius 2 is 2.05 bits per heavy atom. The second kappa shape index (κ2) is 6.79. The molecule has 3 rings (SSSR count). The van der Waals surface area contributed by atoms with Gasteiger partial charge < -0.3 is 4.52 Å². The van der Waals surface area contributed by atoms with Crippen LogP contribution in [0.25, 0.3) is 0 Å². The van der Waals surface area contributed by atoms with Gasteiger partial charge in [-0.2, -0.15) is 4.98 Å². The standard InChI is InChI=1S/C16H27N3O2S/c1-16(2)8-9-19(10-11-22(16)20)12-14-17-15(21-18-14)13-6-4-3-5-7-13/h13H,3-12H2,1-2H3. The predicted molar refractivity (Wildman–Crippen MR) is 87.1 cm³/mol. The van der Waals surface area contributed by atoms with Gasteiger partial charge in [0, 0.05) is 40.3 Å². The van der Waals surface area contributed by atoms with Gasteiger partial charge in [0.15, 0.2) is 5.82 Å². The molecule has 1 saturated carbocycles. The van der Waals surface area contributed by atoms with Gasteiger partial charge in [-0.25, -0.2) is 0 Å². The molecule has 1 atom stereocenters. The fourth-order valence-electron chi connectivity index (χ4n) is 3.35. The highest BCUT2D eigenvalue weighted by Gasteiger charge is 2.30. The molecule has 0 amide bonds. The Labute approximate surface area is 135 Å². The molecule has 22 heavy (non-hydrogen) atoms. The lowest BCUT2D eigenvalue weighted by Gasteiger charge is -2.21. The Bertz CT molecular complexity index is 523. The number of hydrogen-bond donors (Lipinski definition) is 0. The summed E-state index contributed by atoms with van der Waals surface area (Å²) in [6.45, 7) is 6.71. The molecule has 2 fully saturated rings. The van der Waals surface area contributed by atoms with Crippen LogP contribution in [0.1, 0.15) is 70.0 Å². The SMILES string of the molecule is CC1(C)CCN(Cc2noc(C3CCCCC3)n2)CCS1=O. The number of rotatable bonds is 3. The van der Waals surface area contributed by atoms with E-state index in [9.17, 15) is 4.21 Å². The van der Waals surface area contributed by atoms with E-state index >= 15 is 0 Å². The van der Waals surface area contributed by atoms with Crippen LogP contribution in [0.5, 0.6) is 0 Å². The van der Waals surface area contributed by atoms with Crippen molar-refractivity contribution in [3.8, 4) is 0 Å². The molecule has 0 radical (unpaired) electrons. The van der Waals surface area contributed by atoms with E-state index in [4.69, 9.17) is 4.52 Å². The lowest BCUT2D eigenvalue weighted by atomic mass is 9.89. The second-order valence-corrected chi connectivity index (χ2v) is 9.42. The highest BCUT2D eigenvalue weighted by Crippen LogP contribution is 2.31. The minimum atomic E-state index is -0.751. The van der Waals surface area contributed by atoms with E-state index in [-0.39, 0.29) is 4.75 Å². The van der Waals surface area contributed by atoms with Gasteiger partial charge in [-0.1, -0.05) is 24.4 Å². The molecule has 1 aliphatic carbocycles. The normalized spacial score (nSPS) is 27.6. The first-order valence-electron chi connectivity index (χ1n) is 8.48. The summed E-state index contributed by atoms with van der Waals surface area (Å²) < 4.78 is 17.6. The summed E-state index contributed by atoms with van der Waals surface area (Å²) in [5.74, 6) is 2.81. The molecule has 1 unspecified atom stereocenters. The first-order valence-corrected chi connectivity index (χ1v) is 9.80. The van der Waals surface area contributed by atoms with Crippen LogP contribution in [-0.4, -0.2) is 42.8 Å². The molecule has 0 spiro atoms. The van der Waals surface area contributed by atoms with Gasteiger partial charge in [0.25, 0.3) is 0 Å². The zero-order valence-electron chi connectivity index (χ0n) is 13.7. The molecule has 124 valence electrons. The Morgan fingerprint density at radius 3 is 2.82 bits per heavy atom.